The molecule has 0 heterocycles. The van der Waals surface area contributed by atoms with Crippen molar-refractivity contribution in [2.75, 3.05) is 12.4 Å². The number of para-hydroxylation sites is 1. The molecule has 0 saturated heterocycles. The molecule has 2 amide bonds. The lowest BCUT2D eigenvalue weighted by molar-refractivity contribution is 0.252. The van der Waals surface area contributed by atoms with Crippen molar-refractivity contribution in [3.63, 3.8) is 0 Å². The summed E-state index contributed by atoms with van der Waals surface area (Å²) >= 11 is 2.20. The Hall–Kier alpha value is -3.07. The topological polar surface area (TPSA) is 72.0 Å². The minimum absolute atomic E-state index is 0.419. The van der Waals surface area contributed by atoms with Crippen molar-refractivity contribution >= 4 is 40.5 Å². The quantitative estimate of drug-likeness (QED) is 0.254. The Labute approximate surface area is 189 Å². The number of nitrogens with one attached hydrogen (secondary N) is 2. The Morgan fingerprint density at radius 2 is 1.83 bits per heavy atom. The van der Waals surface area contributed by atoms with Crippen LogP contribution >= 0.6 is 22.6 Å². The first-order valence-corrected chi connectivity index (χ1v) is 10.3. The van der Waals surface area contributed by atoms with E-state index < -0.39 is 6.03 Å². The highest BCUT2D eigenvalue weighted by atomic mass is 127. The number of hydrazone groups is 1. The third-order valence-electron chi connectivity index (χ3n) is 4.17. The number of urea groups is 1. The fourth-order valence-electron chi connectivity index (χ4n) is 2.64. The van der Waals surface area contributed by atoms with Gasteiger partial charge in [0.1, 0.15) is 6.61 Å². The van der Waals surface area contributed by atoms with E-state index in [-0.39, 0.29) is 0 Å². The molecule has 3 aromatic rings. The number of amides is 2. The minimum Gasteiger partial charge on any atom is -0.493 e. The highest BCUT2D eigenvalue weighted by Crippen LogP contribution is 2.34. The standard InChI is InChI=1S/C23H22IN3O3/c1-16-8-10-17(11-9-16)15-30-22-20(24)12-18(13-21(22)29-2)14-25-27-23(28)26-19-6-4-3-5-7-19/h3-14H,15H2,1-2H3,(H2,26,27,28)/b25-14+. The average molecular weight is 515 g/mol. The van der Waals surface area contributed by atoms with E-state index in [1.165, 1.54) is 5.56 Å². The van der Waals surface area contributed by atoms with Crippen molar-refractivity contribution in [2.45, 2.75) is 13.5 Å². The van der Waals surface area contributed by atoms with E-state index in [4.69, 9.17) is 9.47 Å². The number of anilines is 1. The molecule has 0 spiro atoms. The summed E-state index contributed by atoms with van der Waals surface area (Å²) in [5, 5.41) is 6.70. The molecule has 0 aliphatic heterocycles. The van der Waals surface area contributed by atoms with Crippen molar-refractivity contribution in [3.05, 3.63) is 87.0 Å². The van der Waals surface area contributed by atoms with Crippen LogP contribution in [0.3, 0.4) is 0 Å². The van der Waals surface area contributed by atoms with Gasteiger partial charge in [0.15, 0.2) is 11.5 Å². The zero-order valence-corrected chi connectivity index (χ0v) is 18.8. The van der Waals surface area contributed by atoms with Gasteiger partial charge in [0.05, 0.1) is 16.9 Å². The van der Waals surface area contributed by atoms with Gasteiger partial charge in [-0.05, 0) is 64.9 Å². The Kier molecular flexibility index (Phi) is 7.67. The average Bonchev–Trinajstić information content (AvgIpc) is 2.74. The number of benzene rings is 3. The molecule has 3 rings (SSSR count). The molecule has 0 aliphatic rings. The molecule has 7 heteroatoms. The van der Waals surface area contributed by atoms with Gasteiger partial charge in [-0.15, -0.1) is 0 Å². The van der Waals surface area contributed by atoms with Gasteiger partial charge >= 0.3 is 6.03 Å². The monoisotopic (exact) mass is 515 g/mol. The first-order valence-electron chi connectivity index (χ1n) is 9.26. The number of hydrogen-bond acceptors (Lipinski definition) is 4. The van der Waals surface area contributed by atoms with Crippen LogP contribution in [0.4, 0.5) is 10.5 Å². The molecule has 6 nitrogen and oxygen atoms in total. The van der Waals surface area contributed by atoms with Gasteiger partial charge in [0.2, 0.25) is 0 Å². The number of ether oxygens (including phenoxy) is 2. The van der Waals surface area contributed by atoms with Gasteiger partial charge in [-0.25, -0.2) is 10.2 Å². The molecule has 0 aromatic heterocycles. The van der Waals surface area contributed by atoms with Crippen LogP contribution < -0.4 is 20.2 Å². The fraction of sp³-hybridized carbons (Fsp3) is 0.130. The first-order chi connectivity index (χ1) is 14.5. The molecule has 0 saturated carbocycles. The summed E-state index contributed by atoms with van der Waals surface area (Å²) in [5.41, 5.74) is 6.21. The second kappa shape index (κ2) is 10.6. The molecule has 3 aromatic carbocycles. The third kappa shape index (κ3) is 6.21. The zero-order valence-electron chi connectivity index (χ0n) is 16.7. The molecule has 2 N–H and O–H groups in total. The molecule has 0 bridgehead atoms. The SMILES string of the molecule is COc1cc(/C=N/NC(=O)Nc2ccccc2)cc(I)c1OCc1ccc(C)cc1. The molecule has 0 radical (unpaired) electrons. The first kappa shape index (κ1) is 21.6. The van der Waals surface area contributed by atoms with Crippen molar-refractivity contribution in [3.8, 4) is 11.5 Å². The van der Waals surface area contributed by atoms with E-state index in [1.54, 1.807) is 25.5 Å². The Morgan fingerprint density at radius 1 is 1.10 bits per heavy atom. The molecule has 0 atom stereocenters. The van der Waals surface area contributed by atoms with E-state index in [0.717, 1.165) is 14.7 Å². The maximum atomic E-state index is 11.9. The summed E-state index contributed by atoms with van der Waals surface area (Å²) in [6.07, 6.45) is 1.55. The minimum atomic E-state index is -0.419. The predicted octanol–water partition coefficient (Wildman–Crippen LogP) is 5.34. The van der Waals surface area contributed by atoms with Gasteiger partial charge in [-0.1, -0.05) is 48.0 Å². The van der Waals surface area contributed by atoms with Gasteiger partial charge in [-0.3, -0.25) is 0 Å². The lowest BCUT2D eigenvalue weighted by Gasteiger charge is -2.13. The van der Waals surface area contributed by atoms with E-state index >= 15 is 0 Å². The Bertz CT molecular complexity index is 1020. The summed E-state index contributed by atoms with van der Waals surface area (Å²) in [4.78, 5) is 11.9. The molecular formula is C23H22IN3O3. The van der Waals surface area contributed by atoms with E-state index in [1.807, 2.05) is 42.5 Å². The van der Waals surface area contributed by atoms with Gasteiger partial charge in [0, 0.05) is 5.69 Å². The van der Waals surface area contributed by atoms with Crippen LogP contribution in [0.5, 0.6) is 11.5 Å². The maximum Gasteiger partial charge on any atom is 0.339 e. The molecule has 0 aliphatic carbocycles. The lowest BCUT2D eigenvalue weighted by Crippen LogP contribution is -2.24. The maximum absolute atomic E-state index is 11.9. The summed E-state index contributed by atoms with van der Waals surface area (Å²) in [6.45, 7) is 2.50. The van der Waals surface area contributed by atoms with Crippen LogP contribution in [0.2, 0.25) is 0 Å². The van der Waals surface area contributed by atoms with Crippen molar-refractivity contribution in [1.29, 1.82) is 0 Å². The van der Waals surface area contributed by atoms with Crippen LogP contribution in [-0.2, 0) is 6.61 Å². The van der Waals surface area contributed by atoms with Gasteiger partial charge in [-0.2, -0.15) is 5.10 Å². The van der Waals surface area contributed by atoms with Crippen molar-refractivity contribution in [1.82, 2.24) is 5.43 Å². The molecule has 30 heavy (non-hydrogen) atoms. The van der Waals surface area contributed by atoms with Gasteiger partial charge < -0.3 is 14.8 Å². The summed E-state index contributed by atoms with van der Waals surface area (Å²) in [5.74, 6) is 1.27. The predicted molar refractivity (Wildman–Crippen MR) is 127 cm³/mol. The molecule has 0 fully saturated rings. The number of aryl methyl sites for hydroxylation is 1. The largest absolute Gasteiger partial charge is 0.493 e. The number of rotatable bonds is 7. The lowest BCUT2D eigenvalue weighted by atomic mass is 10.2. The Balaban J connectivity index is 1.63. The summed E-state index contributed by atoms with van der Waals surface area (Å²) < 4.78 is 12.4. The highest BCUT2D eigenvalue weighted by Gasteiger charge is 2.11. The smallest absolute Gasteiger partial charge is 0.339 e. The number of hydrogen-bond donors (Lipinski definition) is 2. The van der Waals surface area contributed by atoms with Gasteiger partial charge in [0.25, 0.3) is 0 Å². The normalized spacial score (nSPS) is 10.6. The van der Waals surface area contributed by atoms with Crippen LogP contribution in [0.15, 0.2) is 71.8 Å². The Morgan fingerprint density at radius 3 is 2.53 bits per heavy atom. The van der Waals surface area contributed by atoms with Crippen LogP contribution in [0.25, 0.3) is 0 Å². The fourth-order valence-corrected chi connectivity index (χ4v) is 3.42. The van der Waals surface area contributed by atoms with E-state index in [0.29, 0.717) is 23.8 Å². The summed E-state index contributed by atoms with van der Waals surface area (Å²) in [6, 6.07) is 20.7. The highest BCUT2D eigenvalue weighted by molar-refractivity contribution is 14.1. The molecule has 0 unspecified atom stereocenters. The second-order valence-corrected chi connectivity index (χ2v) is 7.66. The molecular weight excluding hydrogens is 493 g/mol. The van der Waals surface area contributed by atoms with Crippen molar-refractivity contribution < 1.29 is 14.3 Å². The third-order valence-corrected chi connectivity index (χ3v) is 4.97. The number of carbonyl (C=O) groups excluding carboxylic acids is 1. The van der Waals surface area contributed by atoms with Crippen LogP contribution in [-0.4, -0.2) is 19.4 Å². The zero-order chi connectivity index (χ0) is 21.3. The second-order valence-electron chi connectivity index (χ2n) is 6.50. The van der Waals surface area contributed by atoms with Crippen LogP contribution in [0.1, 0.15) is 16.7 Å². The number of nitrogens with zero attached hydrogens (tertiary/aromatic N) is 1. The number of methoxy groups -OCH3 is 1. The number of carbonyl (C=O) groups is 1. The van der Waals surface area contributed by atoms with E-state index in [2.05, 4.69) is 57.5 Å². The summed E-state index contributed by atoms with van der Waals surface area (Å²) in [7, 11) is 1.59. The van der Waals surface area contributed by atoms with Crippen molar-refractivity contribution in [2.24, 2.45) is 5.10 Å². The number of halogens is 1. The molecule has 154 valence electrons. The van der Waals surface area contributed by atoms with Crippen LogP contribution in [0, 0.1) is 10.5 Å². The van der Waals surface area contributed by atoms with E-state index in [9.17, 15) is 4.79 Å².